The van der Waals surface area contributed by atoms with Crippen molar-refractivity contribution < 1.29 is 13.2 Å². The zero-order valence-corrected chi connectivity index (χ0v) is 12.1. The molecular weight excluding hydrogens is 295 g/mol. The van der Waals surface area contributed by atoms with Crippen LogP contribution in [-0.4, -0.2) is 9.36 Å². The van der Waals surface area contributed by atoms with E-state index in [1.54, 1.807) is 11.3 Å². The summed E-state index contributed by atoms with van der Waals surface area (Å²) in [4.78, 5) is 5.78. The minimum Gasteiger partial charge on any atom is -0.354 e. The van der Waals surface area contributed by atoms with Gasteiger partial charge in [0.2, 0.25) is 11.0 Å². The first-order chi connectivity index (χ1) is 8.77. The Kier molecular flexibility index (Phi) is 3.82. The number of thiophene rings is 1. The van der Waals surface area contributed by atoms with Crippen molar-refractivity contribution in [1.82, 2.24) is 9.36 Å². The average Bonchev–Trinajstić information content (AvgIpc) is 2.84. The van der Waals surface area contributed by atoms with E-state index in [9.17, 15) is 13.2 Å². The lowest BCUT2D eigenvalue weighted by atomic mass is 10.1. The lowest BCUT2D eigenvalue weighted by Gasteiger charge is -2.12. The predicted molar refractivity (Wildman–Crippen MR) is 70.7 cm³/mol. The zero-order valence-electron chi connectivity index (χ0n) is 10.5. The summed E-state index contributed by atoms with van der Waals surface area (Å²) in [6, 6.07) is 1.93. The molecule has 104 valence electrons. The van der Waals surface area contributed by atoms with Crippen molar-refractivity contribution in [2.75, 3.05) is 5.32 Å². The number of nitrogens with one attached hydrogen (secondary N) is 1. The molecule has 0 bridgehead atoms. The largest absolute Gasteiger partial charge is 0.452 e. The topological polar surface area (TPSA) is 37.8 Å². The number of aromatic nitrogens is 2. The molecular formula is C11H12F3N3S2. The number of hydrogen-bond acceptors (Lipinski definition) is 5. The molecule has 1 unspecified atom stereocenters. The highest BCUT2D eigenvalue weighted by Gasteiger charge is 2.36. The second-order valence-electron chi connectivity index (χ2n) is 4.16. The van der Waals surface area contributed by atoms with Gasteiger partial charge in [-0.1, -0.05) is 0 Å². The summed E-state index contributed by atoms with van der Waals surface area (Å²) >= 11 is 2.39. The molecule has 2 heterocycles. The summed E-state index contributed by atoms with van der Waals surface area (Å²) < 4.78 is 40.5. The molecule has 3 nitrogen and oxygen atoms in total. The molecule has 0 aliphatic rings. The number of anilines is 1. The van der Waals surface area contributed by atoms with E-state index in [2.05, 4.69) is 14.7 Å². The number of rotatable bonds is 3. The number of nitrogens with zero attached hydrogens (tertiary/aromatic N) is 2. The van der Waals surface area contributed by atoms with E-state index in [0.29, 0.717) is 0 Å². The van der Waals surface area contributed by atoms with Crippen LogP contribution >= 0.6 is 22.9 Å². The second kappa shape index (κ2) is 5.09. The van der Waals surface area contributed by atoms with Gasteiger partial charge in [0.15, 0.2) is 0 Å². The van der Waals surface area contributed by atoms with E-state index in [1.807, 2.05) is 26.8 Å². The minimum atomic E-state index is -4.49. The Morgan fingerprint density at radius 2 is 2.00 bits per heavy atom. The second-order valence-corrected chi connectivity index (χ2v) is 6.37. The molecule has 0 aliphatic carbocycles. The normalized spacial score (nSPS) is 13.6. The summed E-state index contributed by atoms with van der Waals surface area (Å²) in [6.07, 6.45) is -4.49. The molecule has 0 spiro atoms. The van der Waals surface area contributed by atoms with Crippen LogP contribution in [0.15, 0.2) is 6.07 Å². The van der Waals surface area contributed by atoms with Crippen LogP contribution in [0, 0.1) is 13.8 Å². The maximum absolute atomic E-state index is 12.4. The number of hydrogen-bond donors (Lipinski definition) is 1. The van der Waals surface area contributed by atoms with Gasteiger partial charge in [0.1, 0.15) is 0 Å². The van der Waals surface area contributed by atoms with Gasteiger partial charge in [0.25, 0.3) is 0 Å². The molecule has 19 heavy (non-hydrogen) atoms. The lowest BCUT2D eigenvalue weighted by Crippen LogP contribution is -2.09. The van der Waals surface area contributed by atoms with Crippen LogP contribution in [0.2, 0.25) is 0 Å². The molecule has 2 rings (SSSR count). The summed E-state index contributed by atoms with van der Waals surface area (Å²) in [5, 5.41) is 3.14. The van der Waals surface area contributed by atoms with Gasteiger partial charge in [0.05, 0.1) is 6.04 Å². The molecule has 0 amide bonds. The van der Waals surface area contributed by atoms with Crippen molar-refractivity contribution in [2.24, 2.45) is 0 Å². The highest BCUT2D eigenvalue weighted by atomic mass is 32.1. The van der Waals surface area contributed by atoms with Crippen LogP contribution in [0.25, 0.3) is 0 Å². The Morgan fingerprint density at radius 1 is 1.32 bits per heavy atom. The molecule has 2 aromatic heterocycles. The fourth-order valence-corrected chi connectivity index (χ4v) is 3.44. The molecule has 8 heteroatoms. The third kappa shape index (κ3) is 3.24. The number of aryl methyl sites for hydroxylation is 2. The summed E-state index contributed by atoms with van der Waals surface area (Å²) in [7, 11) is 0. The van der Waals surface area contributed by atoms with Crippen LogP contribution in [0.3, 0.4) is 0 Å². The van der Waals surface area contributed by atoms with E-state index >= 15 is 0 Å². The molecule has 0 fully saturated rings. The molecule has 1 N–H and O–H groups in total. The van der Waals surface area contributed by atoms with Gasteiger partial charge >= 0.3 is 6.18 Å². The maximum atomic E-state index is 12.4. The van der Waals surface area contributed by atoms with Gasteiger partial charge < -0.3 is 5.32 Å². The number of halogens is 3. The van der Waals surface area contributed by atoms with E-state index in [1.165, 1.54) is 4.88 Å². The monoisotopic (exact) mass is 307 g/mol. The van der Waals surface area contributed by atoms with E-state index < -0.39 is 12.0 Å². The van der Waals surface area contributed by atoms with Gasteiger partial charge in [-0.05, 0) is 32.4 Å². The van der Waals surface area contributed by atoms with Gasteiger partial charge in [-0.15, -0.1) is 11.3 Å². The van der Waals surface area contributed by atoms with Crippen molar-refractivity contribution in [1.29, 1.82) is 0 Å². The third-order valence-electron chi connectivity index (χ3n) is 2.57. The summed E-state index contributed by atoms with van der Waals surface area (Å²) in [6.45, 7) is 5.89. The molecule has 0 saturated heterocycles. The molecule has 0 saturated carbocycles. The highest BCUT2D eigenvalue weighted by molar-refractivity contribution is 7.12. The van der Waals surface area contributed by atoms with Gasteiger partial charge in [-0.25, -0.2) is 0 Å². The predicted octanol–water partition coefficient (Wildman–Crippen LogP) is 4.41. The van der Waals surface area contributed by atoms with Crippen molar-refractivity contribution in [2.45, 2.75) is 33.0 Å². The van der Waals surface area contributed by atoms with Crippen LogP contribution in [-0.2, 0) is 6.18 Å². The summed E-state index contributed by atoms with van der Waals surface area (Å²) in [5.74, 6) is -1.09. The third-order valence-corrected chi connectivity index (χ3v) is 4.19. The maximum Gasteiger partial charge on any atom is 0.452 e. The van der Waals surface area contributed by atoms with E-state index in [4.69, 9.17) is 0 Å². The quantitative estimate of drug-likeness (QED) is 0.913. The van der Waals surface area contributed by atoms with Crippen LogP contribution in [0.1, 0.15) is 34.1 Å². The molecule has 0 aliphatic heterocycles. The van der Waals surface area contributed by atoms with Gasteiger partial charge in [-0.3, -0.25) is 0 Å². The van der Waals surface area contributed by atoms with Crippen molar-refractivity contribution in [3.8, 4) is 0 Å². The smallest absolute Gasteiger partial charge is 0.354 e. The SMILES string of the molecule is Cc1cc(C(C)Nc2nc(C(F)(F)F)ns2)c(C)s1. The minimum absolute atomic E-state index is 0.0982. The van der Waals surface area contributed by atoms with Gasteiger partial charge in [0, 0.05) is 21.3 Å². The summed E-state index contributed by atoms with van der Waals surface area (Å²) in [5.41, 5.74) is 1.08. The lowest BCUT2D eigenvalue weighted by molar-refractivity contribution is -0.144. The average molecular weight is 307 g/mol. The molecule has 2 aromatic rings. The highest BCUT2D eigenvalue weighted by Crippen LogP contribution is 2.32. The van der Waals surface area contributed by atoms with Crippen molar-refractivity contribution in [3.63, 3.8) is 0 Å². The zero-order chi connectivity index (χ0) is 14.2. The van der Waals surface area contributed by atoms with E-state index in [-0.39, 0.29) is 11.2 Å². The number of alkyl halides is 3. The molecule has 0 aromatic carbocycles. The van der Waals surface area contributed by atoms with Gasteiger partial charge in [-0.2, -0.15) is 22.5 Å². The van der Waals surface area contributed by atoms with Crippen molar-refractivity contribution >= 4 is 28.0 Å². The Balaban J connectivity index is 2.13. The first-order valence-electron chi connectivity index (χ1n) is 5.51. The molecule has 0 radical (unpaired) electrons. The first kappa shape index (κ1) is 14.3. The van der Waals surface area contributed by atoms with Crippen LogP contribution in [0.5, 0.6) is 0 Å². The van der Waals surface area contributed by atoms with Crippen molar-refractivity contribution in [3.05, 3.63) is 27.2 Å². The Morgan fingerprint density at radius 3 is 2.47 bits per heavy atom. The Hall–Kier alpha value is -1.15. The fraction of sp³-hybridized carbons (Fsp3) is 0.455. The van der Waals surface area contributed by atoms with E-state index in [0.717, 1.165) is 22.0 Å². The fourth-order valence-electron chi connectivity index (χ4n) is 1.74. The van der Waals surface area contributed by atoms with Crippen LogP contribution < -0.4 is 5.32 Å². The first-order valence-corrected chi connectivity index (χ1v) is 7.10. The Bertz CT molecular complexity index is 574. The van der Waals surface area contributed by atoms with Crippen LogP contribution in [0.4, 0.5) is 18.3 Å². The Labute approximate surface area is 116 Å². The standard InChI is InChI=1S/C11H12F3N3S2/c1-5-4-8(7(3)18-5)6(2)15-10-16-9(17-19-10)11(12,13)14/h4,6H,1-3H3,(H,15,16,17). The molecule has 1 atom stereocenters.